The van der Waals surface area contributed by atoms with E-state index in [9.17, 15) is 13.2 Å². The Hall–Kier alpha value is -2.25. The Morgan fingerprint density at radius 1 is 1.26 bits per heavy atom. The highest BCUT2D eigenvalue weighted by atomic mass is 35.5. The molecule has 1 N–H and O–H groups in total. The number of rotatable bonds is 7. The van der Waals surface area contributed by atoms with E-state index in [0.29, 0.717) is 16.5 Å². The number of ether oxygens (including phenoxy) is 1. The second-order valence-electron chi connectivity index (χ2n) is 6.28. The van der Waals surface area contributed by atoms with Crippen molar-refractivity contribution >= 4 is 33.2 Å². The first kappa shape index (κ1) is 21.1. The molecular weight excluding hydrogens is 388 g/mol. The van der Waals surface area contributed by atoms with Crippen LogP contribution in [0, 0.1) is 6.92 Å². The van der Waals surface area contributed by atoms with Crippen molar-refractivity contribution in [1.29, 1.82) is 0 Å². The summed E-state index contributed by atoms with van der Waals surface area (Å²) in [5.74, 6) is 0.222. The molecule has 0 aliphatic rings. The maximum absolute atomic E-state index is 12.5. The molecule has 0 unspecified atom stereocenters. The molecule has 27 heavy (non-hydrogen) atoms. The van der Waals surface area contributed by atoms with Gasteiger partial charge in [0.15, 0.2) is 0 Å². The highest BCUT2D eigenvalue weighted by molar-refractivity contribution is 7.92. The van der Waals surface area contributed by atoms with E-state index in [2.05, 4.69) is 5.32 Å². The average molecular weight is 411 g/mol. The molecule has 0 fully saturated rings. The van der Waals surface area contributed by atoms with Gasteiger partial charge in [0.05, 0.1) is 25.1 Å². The Balaban J connectivity index is 2.20. The van der Waals surface area contributed by atoms with Gasteiger partial charge in [-0.05, 0) is 38.1 Å². The molecule has 1 atom stereocenters. The van der Waals surface area contributed by atoms with Crippen LogP contribution in [0.25, 0.3) is 0 Å². The van der Waals surface area contributed by atoms with Gasteiger partial charge in [-0.25, -0.2) is 8.42 Å². The minimum Gasteiger partial charge on any atom is -0.496 e. The van der Waals surface area contributed by atoms with Crippen LogP contribution in [0.1, 0.15) is 24.1 Å². The number of hydrogen-bond acceptors (Lipinski definition) is 4. The van der Waals surface area contributed by atoms with Crippen molar-refractivity contribution in [2.75, 3.05) is 24.2 Å². The molecule has 0 spiro atoms. The topological polar surface area (TPSA) is 75.7 Å². The Kier molecular flexibility index (Phi) is 6.73. The lowest BCUT2D eigenvalue weighted by Gasteiger charge is -2.24. The van der Waals surface area contributed by atoms with Gasteiger partial charge >= 0.3 is 0 Å². The number of hydrogen-bond donors (Lipinski definition) is 1. The van der Waals surface area contributed by atoms with Gasteiger partial charge in [0.2, 0.25) is 15.9 Å². The highest BCUT2D eigenvalue weighted by Gasteiger charge is 2.23. The molecule has 0 aromatic heterocycles. The number of amides is 1. The molecule has 0 saturated carbocycles. The van der Waals surface area contributed by atoms with Crippen LogP contribution in [0.4, 0.5) is 5.69 Å². The van der Waals surface area contributed by atoms with Gasteiger partial charge in [-0.15, -0.1) is 0 Å². The summed E-state index contributed by atoms with van der Waals surface area (Å²) in [5, 5.41) is 3.22. The van der Waals surface area contributed by atoms with Crippen LogP contribution in [0.3, 0.4) is 0 Å². The third-order valence-electron chi connectivity index (χ3n) is 4.01. The van der Waals surface area contributed by atoms with Gasteiger partial charge in [-0.1, -0.05) is 35.4 Å². The van der Waals surface area contributed by atoms with Gasteiger partial charge in [-0.2, -0.15) is 0 Å². The van der Waals surface area contributed by atoms with E-state index < -0.39 is 15.9 Å². The lowest BCUT2D eigenvalue weighted by Crippen LogP contribution is -2.41. The first-order valence-corrected chi connectivity index (χ1v) is 10.5. The number of sulfonamides is 1. The number of aryl methyl sites for hydroxylation is 1. The summed E-state index contributed by atoms with van der Waals surface area (Å²) < 4.78 is 30.7. The third-order valence-corrected chi connectivity index (χ3v) is 5.39. The Bertz CT molecular complexity index is 931. The molecule has 2 rings (SSSR count). The minimum absolute atomic E-state index is 0.334. The normalized spacial score (nSPS) is 12.3. The predicted molar refractivity (Wildman–Crippen MR) is 108 cm³/mol. The van der Waals surface area contributed by atoms with E-state index in [1.165, 1.54) is 6.07 Å². The summed E-state index contributed by atoms with van der Waals surface area (Å²) in [4.78, 5) is 12.5. The van der Waals surface area contributed by atoms with Gasteiger partial charge in [0.1, 0.15) is 12.3 Å². The van der Waals surface area contributed by atoms with Crippen LogP contribution in [0.5, 0.6) is 5.75 Å². The summed E-state index contributed by atoms with van der Waals surface area (Å²) in [6.07, 6.45) is 1.05. The zero-order chi connectivity index (χ0) is 20.2. The number of anilines is 1. The quantitative estimate of drug-likeness (QED) is 0.759. The number of carbonyl (C=O) groups excluding carboxylic acids is 1. The largest absolute Gasteiger partial charge is 0.496 e. The fourth-order valence-corrected chi connectivity index (χ4v) is 3.75. The first-order chi connectivity index (χ1) is 12.6. The fraction of sp³-hybridized carbons (Fsp3) is 0.316. The van der Waals surface area contributed by atoms with Crippen molar-refractivity contribution in [2.24, 2.45) is 0 Å². The van der Waals surface area contributed by atoms with Gasteiger partial charge in [0, 0.05) is 10.6 Å². The second kappa shape index (κ2) is 8.63. The maximum atomic E-state index is 12.5. The molecule has 0 aliphatic carbocycles. The number of halogens is 1. The summed E-state index contributed by atoms with van der Waals surface area (Å²) in [6, 6.07) is 11.7. The smallest absolute Gasteiger partial charge is 0.241 e. The maximum Gasteiger partial charge on any atom is 0.241 e. The lowest BCUT2D eigenvalue weighted by atomic mass is 10.0. The van der Waals surface area contributed by atoms with E-state index in [0.717, 1.165) is 21.7 Å². The van der Waals surface area contributed by atoms with E-state index in [1.807, 2.05) is 32.0 Å². The van der Waals surface area contributed by atoms with E-state index in [4.69, 9.17) is 16.3 Å². The molecule has 0 aliphatic heterocycles. The Labute approximate surface area is 165 Å². The molecule has 2 aromatic rings. The van der Waals surface area contributed by atoms with Crippen LogP contribution < -0.4 is 14.4 Å². The van der Waals surface area contributed by atoms with Crippen LogP contribution in [-0.4, -0.2) is 34.2 Å². The number of benzene rings is 2. The number of methoxy groups -OCH3 is 1. The summed E-state index contributed by atoms with van der Waals surface area (Å²) >= 11 is 5.95. The molecule has 1 amide bonds. The van der Waals surface area contributed by atoms with E-state index in [1.54, 1.807) is 25.3 Å². The molecule has 0 radical (unpaired) electrons. The second-order valence-corrected chi connectivity index (χ2v) is 8.63. The van der Waals surface area contributed by atoms with Crippen LogP contribution >= 0.6 is 11.6 Å². The molecule has 146 valence electrons. The van der Waals surface area contributed by atoms with Crippen LogP contribution in [0.2, 0.25) is 5.02 Å². The van der Waals surface area contributed by atoms with Crippen molar-refractivity contribution in [3.63, 3.8) is 0 Å². The number of nitrogens with one attached hydrogen (secondary N) is 1. The zero-order valence-electron chi connectivity index (χ0n) is 15.7. The van der Waals surface area contributed by atoms with Crippen LogP contribution in [-0.2, 0) is 14.8 Å². The van der Waals surface area contributed by atoms with Gasteiger partial charge in [-0.3, -0.25) is 9.10 Å². The van der Waals surface area contributed by atoms with Crippen LogP contribution in [0.15, 0.2) is 42.5 Å². The van der Waals surface area contributed by atoms with Gasteiger partial charge in [0.25, 0.3) is 0 Å². The van der Waals surface area contributed by atoms with Crippen molar-refractivity contribution in [3.05, 3.63) is 58.6 Å². The van der Waals surface area contributed by atoms with E-state index in [-0.39, 0.29) is 12.6 Å². The molecule has 2 aromatic carbocycles. The Morgan fingerprint density at radius 3 is 2.56 bits per heavy atom. The standard InChI is InChI=1S/C19H23ClN2O4S/c1-13-8-9-18(26-3)17(10-13)14(2)21-19(23)12-22(27(4,24)25)16-7-5-6-15(20)11-16/h5-11,14H,12H2,1-4H3,(H,21,23)/t14-/m0/s1. The fourth-order valence-electron chi connectivity index (χ4n) is 2.72. The summed E-state index contributed by atoms with van der Waals surface area (Å²) in [7, 11) is -2.10. The third kappa shape index (κ3) is 5.61. The summed E-state index contributed by atoms with van der Waals surface area (Å²) in [6.45, 7) is 3.42. The molecule has 8 heteroatoms. The Morgan fingerprint density at radius 2 is 1.96 bits per heavy atom. The molecule has 0 saturated heterocycles. The molecule has 0 bridgehead atoms. The number of carbonyl (C=O) groups is 1. The zero-order valence-corrected chi connectivity index (χ0v) is 17.3. The van der Waals surface area contributed by atoms with Crippen molar-refractivity contribution in [1.82, 2.24) is 5.32 Å². The molecule has 6 nitrogen and oxygen atoms in total. The number of nitrogens with zero attached hydrogens (tertiary/aromatic N) is 1. The predicted octanol–water partition coefficient (Wildman–Crippen LogP) is 3.30. The minimum atomic E-state index is -3.66. The summed E-state index contributed by atoms with van der Waals surface area (Å²) in [5.41, 5.74) is 2.18. The van der Waals surface area contributed by atoms with Crippen molar-refractivity contribution < 1.29 is 17.9 Å². The van der Waals surface area contributed by atoms with Crippen molar-refractivity contribution in [2.45, 2.75) is 19.9 Å². The van der Waals surface area contributed by atoms with E-state index >= 15 is 0 Å². The average Bonchev–Trinajstić information content (AvgIpc) is 2.58. The first-order valence-electron chi connectivity index (χ1n) is 8.29. The highest BCUT2D eigenvalue weighted by Crippen LogP contribution is 2.26. The SMILES string of the molecule is COc1ccc(C)cc1[C@H](C)NC(=O)CN(c1cccc(Cl)c1)S(C)(=O)=O. The van der Waals surface area contributed by atoms with Crippen molar-refractivity contribution in [3.8, 4) is 5.75 Å². The monoisotopic (exact) mass is 410 g/mol. The molecular formula is C19H23ClN2O4S. The molecule has 0 heterocycles. The lowest BCUT2D eigenvalue weighted by molar-refractivity contribution is -0.120. The van der Waals surface area contributed by atoms with Gasteiger partial charge < -0.3 is 10.1 Å².